The van der Waals surface area contributed by atoms with Crippen LogP contribution in [-0.4, -0.2) is 22.1 Å². The zero-order chi connectivity index (χ0) is 16.4. The number of nitrogens with one attached hydrogen (secondary N) is 1. The monoisotopic (exact) mass is 317 g/mol. The van der Waals surface area contributed by atoms with Gasteiger partial charge < -0.3 is 11.1 Å². The van der Waals surface area contributed by atoms with Crippen LogP contribution in [0.15, 0.2) is 48.9 Å². The summed E-state index contributed by atoms with van der Waals surface area (Å²) in [5.41, 5.74) is 10.4. The first-order chi connectivity index (χ1) is 11.8. The highest BCUT2D eigenvalue weighted by Gasteiger charge is 2.19. The number of benzene rings is 1. The van der Waals surface area contributed by atoms with E-state index in [0.717, 1.165) is 47.8 Å². The lowest BCUT2D eigenvalue weighted by atomic mass is 9.91. The summed E-state index contributed by atoms with van der Waals surface area (Å²) in [6.45, 7) is 0. The fraction of sp³-hybridized carbons (Fsp3) is 0.300. The van der Waals surface area contributed by atoms with Crippen molar-refractivity contribution in [1.82, 2.24) is 9.97 Å². The average molecular weight is 317 g/mol. The first-order valence-electron chi connectivity index (χ1n) is 8.52. The van der Waals surface area contributed by atoms with E-state index in [2.05, 4.69) is 39.6 Å². The minimum atomic E-state index is 0.361. The molecule has 1 radical (unpaired) electrons. The summed E-state index contributed by atoms with van der Waals surface area (Å²) >= 11 is 0. The van der Waals surface area contributed by atoms with Crippen LogP contribution in [0, 0.1) is 6.07 Å². The lowest BCUT2D eigenvalue weighted by Gasteiger charge is -2.28. The normalized spacial score (nSPS) is 20.9. The SMILES string of the molecule is N[C@H]1CC[C@H](Nc2[c]cnc3ccc(-c4ccncc4)cc23)CC1. The Bertz CT molecular complexity index is 823. The Labute approximate surface area is 142 Å². The fourth-order valence-corrected chi connectivity index (χ4v) is 3.40. The smallest absolute Gasteiger partial charge is 0.0723 e. The molecule has 0 aliphatic heterocycles. The molecule has 2 aromatic heterocycles. The van der Waals surface area contributed by atoms with Crippen LogP contribution in [0.1, 0.15) is 25.7 Å². The molecule has 1 saturated carbocycles. The molecule has 24 heavy (non-hydrogen) atoms. The van der Waals surface area contributed by atoms with Crippen molar-refractivity contribution in [2.24, 2.45) is 5.73 Å². The highest BCUT2D eigenvalue weighted by atomic mass is 14.9. The highest BCUT2D eigenvalue weighted by Crippen LogP contribution is 2.29. The summed E-state index contributed by atoms with van der Waals surface area (Å²) in [6, 6.07) is 14.5. The standard InChI is InChI=1S/C20H21N4/c21-16-2-4-17(5-3-16)24-20-9-12-23-19-6-1-15(13-18(19)20)14-7-10-22-11-8-14/h1,6-8,10-13,16-17H,2-5,21H2,(H,23,24)/t16-,17-. The first-order valence-corrected chi connectivity index (χ1v) is 8.52. The van der Waals surface area contributed by atoms with Gasteiger partial charge in [0, 0.05) is 42.1 Å². The molecule has 2 heterocycles. The van der Waals surface area contributed by atoms with Crippen molar-refractivity contribution in [3.05, 3.63) is 55.0 Å². The van der Waals surface area contributed by atoms with E-state index in [4.69, 9.17) is 5.73 Å². The number of aromatic nitrogens is 2. The molecular formula is C20H21N4. The van der Waals surface area contributed by atoms with Gasteiger partial charge >= 0.3 is 0 Å². The maximum atomic E-state index is 6.01. The van der Waals surface area contributed by atoms with Gasteiger partial charge in [-0.1, -0.05) is 6.07 Å². The summed E-state index contributed by atoms with van der Waals surface area (Å²) in [4.78, 5) is 8.55. The third-order valence-corrected chi connectivity index (χ3v) is 4.81. The van der Waals surface area contributed by atoms with Gasteiger partial charge in [0.2, 0.25) is 0 Å². The molecule has 1 aliphatic carbocycles. The summed E-state index contributed by atoms with van der Waals surface area (Å²) < 4.78 is 0. The van der Waals surface area contributed by atoms with Crippen LogP contribution in [0.3, 0.4) is 0 Å². The second kappa shape index (κ2) is 6.57. The Morgan fingerprint density at radius 2 is 1.79 bits per heavy atom. The van der Waals surface area contributed by atoms with Crippen LogP contribution in [0.4, 0.5) is 5.69 Å². The second-order valence-electron chi connectivity index (χ2n) is 6.50. The van der Waals surface area contributed by atoms with Gasteiger partial charge in [-0.3, -0.25) is 9.97 Å². The molecular weight excluding hydrogens is 296 g/mol. The van der Waals surface area contributed by atoms with Crippen LogP contribution in [-0.2, 0) is 0 Å². The maximum absolute atomic E-state index is 6.01. The summed E-state index contributed by atoms with van der Waals surface area (Å²) in [5, 5.41) is 4.77. The minimum Gasteiger partial charge on any atom is -0.381 e. The number of hydrogen-bond donors (Lipinski definition) is 2. The predicted octanol–water partition coefficient (Wildman–Crippen LogP) is 3.78. The van der Waals surface area contributed by atoms with Crippen LogP contribution in [0.5, 0.6) is 0 Å². The van der Waals surface area contributed by atoms with E-state index in [1.54, 1.807) is 6.20 Å². The zero-order valence-electron chi connectivity index (χ0n) is 13.6. The molecule has 4 nitrogen and oxygen atoms in total. The van der Waals surface area contributed by atoms with Crippen LogP contribution in [0.25, 0.3) is 22.0 Å². The molecule has 0 unspecified atom stereocenters. The lowest BCUT2D eigenvalue weighted by molar-refractivity contribution is 0.411. The molecule has 0 saturated heterocycles. The van der Waals surface area contributed by atoms with Gasteiger partial charge in [0.1, 0.15) is 0 Å². The largest absolute Gasteiger partial charge is 0.381 e. The number of hydrogen-bond acceptors (Lipinski definition) is 4. The van der Waals surface area contributed by atoms with Gasteiger partial charge in [-0.05, 0) is 61.1 Å². The van der Waals surface area contributed by atoms with Crippen molar-refractivity contribution >= 4 is 16.6 Å². The quantitative estimate of drug-likeness (QED) is 0.771. The van der Waals surface area contributed by atoms with E-state index in [9.17, 15) is 0 Å². The molecule has 0 atom stereocenters. The number of pyridine rings is 2. The number of nitrogens with zero attached hydrogens (tertiary/aromatic N) is 2. The van der Waals surface area contributed by atoms with Gasteiger partial charge in [0.15, 0.2) is 0 Å². The Balaban J connectivity index is 1.67. The molecule has 3 aromatic rings. The molecule has 0 spiro atoms. The van der Waals surface area contributed by atoms with Gasteiger partial charge in [-0.2, -0.15) is 0 Å². The molecule has 121 valence electrons. The van der Waals surface area contributed by atoms with Crippen molar-refractivity contribution in [3.63, 3.8) is 0 Å². The molecule has 4 rings (SSSR count). The number of fused-ring (bicyclic) bond motifs is 1. The number of anilines is 1. The Hall–Kier alpha value is -2.46. The van der Waals surface area contributed by atoms with E-state index in [-0.39, 0.29) is 0 Å². The average Bonchev–Trinajstić information content (AvgIpc) is 2.64. The van der Waals surface area contributed by atoms with E-state index < -0.39 is 0 Å². The van der Waals surface area contributed by atoms with Crippen LogP contribution >= 0.6 is 0 Å². The minimum absolute atomic E-state index is 0.361. The van der Waals surface area contributed by atoms with Gasteiger partial charge in [-0.15, -0.1) is 0 Å². The molecule has 1 fully saturated rings. The maximum Gasteiger partial charge on any atom is 0.0723 e. The van der Waals surface area contributed by atoms with Gasteiger partial charge in [0.05, 0.1) is 11.2 Å². The van der Waals surface area contributed by atoms with E-state index in [1.807, 2.05) is 24.5 Å². The predicted molar refractivity (Wildman–Crippen MR) is 97.7 cm³/mol. The van der Waals surface area contributed by atoms with Crippen molar-refractivity contribution in [1.29, 1.82) is 0 Å². The Morgan fingerprint density at radius 3 is 2.58 bits per heavy atom. The third kappa shape index (κ3) is 3.10. The van der Waals surface area contributed by atoms with Crippen molar-refractivity contribution in [2.45, 2.75) is 37.8 Å². The van der Waals surface area contributed by atoms with Crippen LogP contribution in [0.2, 0.25) is 0 Å². The molecule has 1 aliphatic rings. The molecule has 0 bridgehead atoms. The van der Waals surface area contributed by atoms with Crippen LogP contribution < -0.4 is 11.1 Å². The molecule has 1 aromatic carbocycles. The molecule has 0 amide bonds. The first kappa shape index (κ1) is 15.1. The third-order valence-electron chi connectivity index (χ3n) is 4.81. The van der Waals surface area contributed by atoms with E-state index >= 15 is 0 Å². The Morgan fingerprint density at radius 1 is 1.00 bits per heavy atom. The lowest BCUT2D eigenvalue weighted by Crippen LogP contribution is -2.32. The van der Waals surface area contributed by atoms with Crippen molar-refractivity contribution in [3.8, 4) is 11.1 Å². The highest BCUT2D eigenvalue weighted by molar-refractivity contribution is 5.94. The fourth-order valence-electron chi connectivity index (χ4n) is 3.40. The molecule has 4 heteroatoms. The van der Waals surface area contributed by atoms with Gasteiger partial charge in [0.25, 0.3) is 0 Å². The van der Waals surface area contributed by atoms with Crippen molar-refractivity contribution < 1.29 is 0 Å². The second-order valence-corrected chi connectivity index (χ2v) is 6.50. The number of nitrogens with two attached hydrogens (primary N) is 1. The van der Waals surface area contributed by atoms with Crippen molar-refractivity contribution in [2.75, 3.05) is 5.32 Å². The van der Waals surface area contributed by atoms with E-state index in [1.165, 1.54) is 5.56 Å². The van der Waals surface area contributed by atoms with E-state index in [0.29, 0.717) is 12.1 Å². The summed E-state index contributed by atoms with van der Waals surface area (Å²) in [5.74, 6) is 0. The number of rotatable bonds is 3. The summed E-state index contributed by atoms with van der Waals surface area (Å²) in [6.07, 6.45) is 9.79. The molecule has 3 N–H and O–H groups in total. The topological polar surface area (TPSA) is 63.8 Å². The summed E-state index contributed by atoms with van der Waals surface area (Å²) in [7, 11) is 0. The van der Waals surface area contributed by atoms with Gasteiger partial charge in [-0.25, -0.2) is 0 Å². The Kier molecular flexibility index (Phi) is 4.13. The zero-order valence-corrected chi connectivity index (χ0v) is 13.6.